The summed E-state index contributed by atoms with van der Waals surface area (Å²) in [5.41, 5.74) is 0. The van der Waals surface area contributed by atoms with Crippen LogP contribution in [-0.4, -0.2) is 23.0 Å². The Labute approximate surface area is 101 Å². The fourth-order valence-corrected chi connectivity index (χ4v) is 1.12. The number of carbonyl (C=O) groups is 2. The van der Waals surface area contributed by atoms with Crippen molar-refractivity contribution in [3.8, 4) is 0 Å². The Balaban J connectivity index is 4.54. The van der Waals surface area contributed by atoms with E-state index in [1.807, 2.05) is 6.92 Å². The van der Waals surface area contributed by atoms with Crippen molar-refractivity contribution in [1.29, 1.82) is 0 Å². The SMILES string of the molecule is C=CC(=O)OC(O)(CCCCC)OC(=O)C=C. The molecule has 0 saturated heterocycles. The van der Waals surface area contributed by atoms with Crippen LogP contribution < -0.4 is 0 Å². The summed E-state index contributed by atoms with van der Waals surface area (Å²) in [6.45, 7) is 8.37. The Bertz CT molecular complexity index is 273. The number of hydrogen-bond acceptors (Lipinski definition) is 5. The van der Waals surface area contributed by atoms with E-state index in [0.29, 0.717) is 6.42 Å². The maximum atomic E-state index is 11.0. The molecule has 0 unspecified atom stereocenters. The molecule has 0 saturated carbocycles. The van der Waals surface area contributed by atoms with Crippen LogP contribution in [-0.2, 0) is 19.1 Å². The first-order valence-electron chi connectivity index (χ1n) is 5.40. The summed E-state index contributed by atoms with van der Waals surface area (Å²) in [6, 6.07) is 0. The minimum Gasteiger partial charge on any atom is -0.395 e. The molecule has 0 spiro atoms. The third-order valence-electron chi connectivity index (χ3n) is 1.95. The summed E-state index contributed by atoms with van der Waals surface area (Å²) in [4.78, 5) is 22.0. The van der Waals surface area contributed by atoms with E-state index in [-0.39, 0.29) is 6.42 Å². The van der Waals surface area contributed by atoms with Gasteiger partial charge < -0.3 is 14.6 Å². The van der Waals surface area contributed by atoms with E-state index in [1.54, 1.807) is 0 Å². The van der Waals surface area contributed by atoms with Gasteiger partial charge in [0.25, 0.3) is 0 Å². The number of rotatable bonds is 8. The number of aliphatic hydroxyl groups is 1. The van der Waals surface area contributed by atoms with E-state index in [4.69, 9.17) is 0 Å². The van der Waals surface area contributed by atoms with Crippen LogP contribution in [0.5, 0.6) is 0 Å². The number of unbranched alkanes of at least 4 members (excludes halogenated alkanes) is 2. The molecule has 5 heteroatoms. The summed E-state index contributed by atoms with van der Waals surface area (Å²) >= 11 is 0. The van der Waals surface area contributed by atoms with Crippen LogP contribution in [0.3, 0.4) is 0 Å². The number of hydrogen-bond donors (Lipinski definition) is 1. The van der Waals surface area contributed by atoms with E-state index in [1.165, 1.54) is 0 Å². The van der Waals surface area contributed by atoms with Gasteiger partial charge in [0.2, 0.25) is 0 Å². The Kier molecular flexibility index (Phi) is 6.89. The summed E-state index contributed by atoms with van der Waals surface area (Å²) in [5, 5.41) is 9.86. The van der Waals surface area contributed by atoms with Crippen molar-refractivity contribution in [2.75, 3.05) is 0 Å². The Hall–Kier alpha value is -1.62. The monoisotopic (exact) mass is 242 g/mol. The fraction of sp³-hybridized carbons (Fsp3) is 0.500. The summed E-state index contributed by atoms with van der Waals surface area (Å²) in [6.07, 6.45) is 4.07. The van der Waals surface area contributed by atoms with Crippen molar-refractivity contribution >= 4 is 11.9 Å². The largest absolute Gasteiger partial charge is 0.395 e. The van der Waals surface area contributed by atoms with Crippen molar-refractivity contribution in [2.45, 2.75) is 38.6 Å². The van der Waals surface area contributed by atoms with Gasteiger partial charge in [0.15, 0.2) is 0 Å². The molecule has 0 atom stereocenters. The molecular formula is C12H18O5. The number of ether oxygens (including phenoxy) is 2. The average molecular weight is 242 g/mol. The van der Waals surface area contributed by atoms with Crippen LogP contribution in [0.1, 0.15) is 32.6 Å². The second kappa shape index (κ2) is 7.62. The van der Waals surface area contributed by atoms with E-state index in [2.05, 4.69) is 22.6 Å². The predicted octanol–water partition coefficient (Wildman–Crippen LogP) is 1.67. The molecule has 0 aromatic carbocycles. The van der Waals surface area contributed by atoms with E-state index < -0.39 is 17.9 Å². The first kappa shape index (κ1) is 15.4. The topological polar surface area (TPSA) is 72.8 Å². The van der Waals surface area contributed by atoms with Gasteiger partial charge in [-0.3, -0.25) is 0 Å². The summed E-state index contributed by atoms with van der Waals surface area (Å²) < 4.78 is 9.23. The zero-order valence-electron chi connectivity index (χ0n) is 9.98. The van der Waals surface area contributed by atoms with Crippen LogP contribution in [0.25, 0.3) is 0 Å². The predicted molar refractivity (Wildman–Crippen MR) is 61.7 cm³/mol. The highest BCUT2D eigenvalue weighted by atomic mass is 16.8. The molecule has 5 nitrogen and oxygen atoms in total. The van der Waals surface area contributed by atoms with Crippen molar-refractivity contribution < 1.29 is 24.2 Å². The van der Waals surface area contributed by atoms with Crippen LogP contribution in [0.15, 0.2) is 25.3 Å². The standard InChI is InChI=1S/C12H18O5/c1-4-7-8-9-12(15,16-10(13)5-2)17-11(14)6-3/h5-6,15H,2-4,7-9H2,1H3. The third-order valence-corrected chi connectivity index (χ3v) is 1.95. The molecule has 96 valence electrons. The molecule has 1 N–H and O–H groups in total. The van der Waals surface area contributed by atoms with Crippen molar-refractivity contribution in [3.63, 3.8) is 0 Å². The van der Waals surface area contributed by atoms with Gasteiger partial charge in [-0.1, -0.05) is 32.9 Å². The molecular weight excluding hydrogens is 224 g/mol. The second-order valence-corrected chi connectivity index (χ2v) is 3.42. The quantitative estimate of drug-likeness (QED) is 0.303. The van der Waals surface area contributed by atoms with Gasteiger partial charge in [-0.2, -0.15) is 0 Å². The van der Waals surface area contributed by atoms with E-state index in [0.717, 1.165) is 25.0 Å². The van der Waals surface area contributed by atoms with Crippen LogP contribution in [0.2, 0.25) is 0 Å². The lowest BCUT2D eigenvalue weighted by Gasteiger charge is -2.25. The maximum absolute atomic E-state index is 11.0. The van der Waals surface area contributed by atoms with Crippen LogP contribution in [0, 0.1) is 0 Å². The molecule has 0 radical (unpaired) electrons. The smallest absolute Gasteiger partial charge is 0.373 e. The van der Waals surface area contributed by atoms with Crippen molar-refractivity contribution in [1.82, 2.24) is 0 Å². The fourth-order valence-electron chi connectivity index (χ4n) is 1.12. The minimum atomic E-state index is -2.24. The molecule has 0 aliphatic rings. The van der Waals surface area contributed by atoms with Crippen LogP contribution >= 0.6 is 0 Å². The van der Waals surface area contributed by atoms with Crippen molar-refractivity contribution in [2.24, 2.45) is 0 Å². The van der Waals surface area contributed by atoms with Gasteiger partial charge in [-0.15, -0.1) is 0 Å². The maximum Gasteiger partial charge on any atom is 0.373 e. The molecule has 17 heavy (non-hydrogen) atoms. The lowest BCUT2D eigenvalue weighted by atomic mass is 10.2. The van der Waals surface area contributed by atoms with Crippen LogP contribution in [0.4, 0.5) is 0 Å². The Morgan fingerprint density at radius 2 is 1.65 bits per heavy atom. The molecule has 0 heterocycles. The lowest BCUT2D eigenvalue weighted by Crippen LogP contribution is -2.39. The highest BCUT2D eigenvalue weighted by molar-refractivity contribution is 5.83. The Morgan fingerprint density at radius 1 is 1.18 bits per heavy atom. The molecule has 0 aromatic rings. The molecule has 0 aromatic heterocycles. The first-order chi connectivity index (χ1) is 7.97. The van der Waals surface area contributed by atoms with E-state index in [9.17, 15) is 14.7 Å². The highest BCUT2D eigenvalue weighted by Crippen LogP contribution is 2.19. The van der Waals surface area contributed by atoms with Gasteiger partial charge in [0, 0.05) is 12.2 Å². The lowest BCUT2D eigenvalue weighted by molar-refractivity contribution is -0.324. The first-order valence-corrected chi connectivity index (χ1v) is 5.40. The zero-order chi connectivity index (χ0) is 13.3. The second-order valence-electron chi connectivity index (χ2n) is 3.42. The van der Waals surface area contributed by atoms with Gasteiger partial charge in [0.05, 0.1) is 6.42 Å². The number of carbonyl (C=O) groups excluding carboxylic acids is 2. The normalized spacial score (nSPS) is 10.5. The summed E-state index contributed by atoms with van der Waals surface area (Å²) in [5.74, 6) is -3.96. The molecule has 0 rings (SSSR count). The van der Waals surface area contributed by atoms with E-state index >= 15 is 0 Å². The highest BCUT2D eigenvalue weighted by Gasteiger charge is 2.34. The molecule has 0 fully saturated rings. The van der Waals surface area contributed by atoms with Gasteiger partial charge in [-0.05, 0) is 6.42 Å². The number of esters is 2. The molecule has 0 aliphatic heterocycles. The van der Waals surface area contributed by atoms with Gasteiger partial charge >= 0.3 is 17.9 Å². The van der Waals surface area contributed by atoms with Gasteiger partial charge in [-0.25, -0.2) is 9.59 Å². The van der Waals surface area contributed by atoms with Gasteiger partial charge in [0.1, 0.15) is 0 Å². The van der Waals surface area contributed by atoms with Crippen molar-refractivity contribution in [3.05, 3.63) is 25.3 Å². The summed E-state index contributed by atoms with van der Waals surface area (Å²) in [7, 11) is 0. The zero-order valence-corrected chi connectivity index (χ0v) is 9.98. The molecule has 0 amide bonds. The Morgan fingerprint density at radius 3 is 2.00 bits per heavy atom. The average Bonchev–Trinajstić information content (AvgIpc) is 2.28. The third kappa shape index (κ3) is 6.52. The molecule has 0 bridgehead atoms. The minimum absolute atomic E-state index is 0.0139. The molecule has 0 aliphatic carbocycles.